The van der Waals surface area contributed by atoms with E-state index < -0.39 is 10.0 Å². The molecule has 1 rings (SSSR count). The van der Waals surface area contributed by atoms with E-state index in [0.29, 0.717) is 0 Å². The largest absolute Gasteiger partial charge is 0.395 e. The summed E-state index contributed by atoms with van der Waals surface area (Å²) in [7, 11) is -3.69. The van der Waals surface area contributed by atoms with Gasteiger partial charge < -0.3 is 10.4 Å². The molecule has 0 spiro atoms. The fourth-order valence-corrected chi connectivity index (χ4v) is 2.40. The van der Waals surface area contributed by atoms with Crippen molar-refractivity contribution in [1.82, 2.24) is 5.32 Å². The van der Waals surface area contributed by atoms with Gasteiger partial charge in [0.1, 0.15) is 0 Å². The van der Waals surface area contributed by atoms with Crippen LogP contribution in [0.15, 0.2) is 29.2 Å². The van der Waals surface area contributed by atoms with Crippen LogP contribution in [0.1, 0.15) is 32.4 Å². The zero-order valence-electron chi connectivity index (χ0n) is 11.5. The van der Waals surface area contributed by atoms with Gasteiger partial charge in [0.15, 0.2) is 0 Å². The fourth-order valence-electron chi connectivity index (χ4n) is 1.83. The predicted molar refractivity (Wildman–Crippen MR) is 75.1 cm³/mol. The highest BCUT2D eigenvalue weighted by molar-refractivity contribution is 7.89. The zero-order valence-corrected chi connectivity index (χ0v) is 12.3. The van der Waals surface area contributed by atoms with E-state index in [1.807, 2.05) is 26.8 Å². The molecule has 5 nitrogen and oxygen atoms in total. The number of nitrogens with one attached hydrogen (secondary N) is 1. The number of hydrogen-bond donors (Lipinski definition) is 3. The van der Waals surface area contributed by atoms with Crippen LogP contribution < -0.4 is 10.5 Å². The van der Waals surface area contributed by atoms with E-state index in [1.54, 1.807) is 12.1 Å². The molecule has 0 saturated heterocycles. The Labute approximate surface area is 114 Å². The number of aliphatic hydroxyl groups excluding tert-OH is 1. The first-order chi connectivity index (χ1) is 8.75. The molecule has 0 aliphatic carbocycles. The Morgan fingerprint density at radius 1 is 1.32 bits per heavy atom. The van der Waals surface area contributed by atoms with Crippen molar-refractivity contribution >= 4 is 10.0 Å². The van der Waals surface area contributed by atoms with Crippen LogP contribution in [-0.2, 0) is 10.0 Å². The molecule has 0 heterocycles. The van der Waals surface area contributed by atoms with Crippen LogP contribution in [-0.4, -0.2) is 26.2 Å². The zero-order chi connectivity index (χ0) is 14.6. The molecular formula is C13H22N2O3S. The van der Waals surface area contributed by atoms with E-state index in [4.69, 9.17) is 5.14 Å². The third-order valence-electron chi connectivity index (χ3n) is 3.15. The van der Waals surface area contributed by atoms with Gasteiger partial charge in [-0.25, -0.2) is 13.6 Å². The molecule has 0 fully saturated rings. The summed E-state index contributed by atoms with van der Waals surface area (Å²) in [5.41, 5.74) is 0.825. The third-order valence-corrected chi connectivity index (χ3v) is 4.06. The third kappa shape index (κ3) is 4.58. The molecule has 108 valence electrons. The van der Waals surface area contributed by atoms with Crippen LogP contribution in [0, 0.1) is 5.92 Å². The molecule has 0 saturated carbocycles. The molecule has 0 aromatic heterocycles. The second-order valence-corrected chi connectivity index (χ2v) is 6.60. The summed E-state index contributed by atoms with van der Waals surface area (Å²) >= 11 is 0. The van der Waals surface area contributed by atoms with Crippen LogP contribution in [0.5, 0.6) is 0 Å². The van der Waals surface area contributed by atoms with Crippen LogP contribution in [0.4, 0.5) is 0 Å². The topological polar surface area (TPSA) is 92.4 Å². The lowest BCUT2D eigenvalue weighted by atomic mass is 10.0. The average molecular weight is 286 g/mol. The van der Waals surface area contributed by atoms with Crippen LogP contribution in [0.25, 0.3) is 0 Å². The van der Waals surface area contributed by atoms with E-state index >= 15 is 0 Å². The van der Waals surface area contributed by atoms with Crippen molar-refractivity contribution in [3.63, 3.8) is 0 Å². The first-order valence-electron chi connectivity index (χ1n) is 6.25. The molecule has 19 heavy (non-hydrogen) atoms. The molecule has 4 N–H and O–H groups in total. The van der Waals surface area contributed by atoms with Gasteiger partial charge in [-0.2, -0.15) is 0 Å². The van der Waals surface area contributed by atoms with E-state index in [1.165, 1.54) is 6.07 Å². The van der Waals surface area contributed by atoms with Gasteiger partial charge in [0.2, 0.25) is 10.0 Å². The Morgan fingerprint density at radius 3 is 2.42 bits per heavy atom. The molecule has 0 bridgehead atoms. The van der Waals surface area contributed by atoms with Crippen LogP contribution in [0.2, 0.25) is 0 Å². The molecule has 0 amide bonds. The molecular weight excluding hydrogens is 264 g/mol. The summed E-state index contributed by atoms with van der Waals surface area (Å²) in [6, 6.07) is 6.42. The van der Waals surface area contributed by atoms with Gasteiger partial charge in [-0.05, 0) is 30.5 Å². The molecule has 0 radical (unpaired) electrons. The normalized spacial score (nSPS) is 15.5. The van der Waals surface area contributed by atoms with Gasteiger partial charge in [0.05, 0.1) is 11.5 Å². The molecule has 1 aromatic rings. The lowest BCUT2D eigenvalue weighted by Gasteiger charge is -2.25. The van der Waals surface area contributed by atoms with Gasteiger partial charge in [0, 0.05) is 12.1 Å². The number of nitrogens with two attached hydrogens (primary N) is 1. The number of benzene rings is 1. The molecule has 0 aliphatic rings. The second-order valence-electron chi connectivity index (χ2n) is 5.04. The second kappa shape index (κ2) is 6.47. The van der Waals surface area contributed by atoms with E-state index in [9.17, 15) is 13.5 Å². The summed E-state index contributed by atoms with van der Waals surface area (Å²) < 4.78 is 22.6. The summed E-state index contributed by atoms with van der Waals surface area (Å²) in [4.78, 5) is 0.101. The summed E-state index contributed by atoms with van der Waals surface area (Å²) in [5, 5.41) is 17.7. The first-order valence-corrected chi connectivity index (χ1v) is 7.80. The average Bonchev–Trinajstić information content (AvgIpc) is 2.34. The van der Waals surface area contributed by atoms with E-state index in [0.717, 1.165) is 5.56 Å². The summed E-state index contributed by atoms with van der Waals surface area (Å²) in [6.07, 6.45) is 0. The number of primary sulfonamides is 1. The quantitative estimate of drug-likeness (QED) is 0.727. The highest BCUT2D eigenvalue weighted by Crippen LogP contribution is 2.18. The number of rotatable bonds is 6. The highest BCUT2D eigenvalue weighted by Gasteiger charge is 2.17. The molecule has 6 heteroatoms. The number of hydrogen-bond acceptors (Lipinski definition) is 4. The van der Waals surface area contributed by atoms with Gasteiger partial charge in [-0.1, -0.05) is 26.0 Å². The molecule has 0 aliphatic heterocycles. The fraction of sp³-hybridized carbons (Fsp3) is 0.538. The van der Waals surface area contributed by atoms with Crippen molar-refractivity contribution < 1.29 is 13.5 Å². The van der Waals surface area contributed by atoms with Crippen molar-refractivity contribution in [2.24, 2.45) is 11.1 Å². The van der Waals surface area contributed by atoms with E-state index in [2.05, 4.69) is 5.32 Å². The monoisotopic (exact) mass is 286 g/mol. The maximum absolute atomic E-state index is 11.3. The summed E-state index contributed by atoms with van der Waals surface area (Å²) in [6.45, 7) is 5.99. The first kappa shape index (κ1) is 16.1. The highest BCUT2D eigenvalue weighted by atomic mass is 32.2. The van der Waals surface area contributed by atoms with E-state index in [-0.39, 0.29) is 29.5 Å². The Hall–Kier alpha value is -0.950. The Bertz CT molecular complexity index is 514. The van der Waals surface area contributed by atoms with Gasteiger partial charge >= 0.3 is 0 Å². The molecule has 2 atom stereocenters. The van der Waals surface area contributed by atoms with Crippen molar-refractivity contribution in [2.75, 3.05) is 6.61 Å². The van der Waals surface area contributed by atoms with Crippen LogP contribution >= 0.6 is 0 Å². The molecule has 1 aromatic carbocycles. The van der Waals surface area contributed by atoms with Gasteiger partial charge in [0.25, 0.3) is 0 Å². The minimum atomic E-state index is -3.69. The van der Waals surface area contributed by atoms with Crippen molar-refractivity contribution in [3.8, 4) is 0 Å². The lowest BCUT2D eigenvalue weighted by molar-refractivity contribution is 0.201. The number of sulfonamides is 1. The predicted octanol–water partition coefficient (Wildman–Crippen LogP) is 1.00. The SMILES string of the molecule is CC(N[C@H](CO)C(C)C)c1cccc(S(N)(=O)=O)c1. The minimum Gasteiger partial charge on any atom is -0.395 e. The lowest BCUT2D eigenvalue weighted by Crippen LogP contribution is -2.38. The Kier molecular flexibility index (Phi) is 5.49. The maximum Gasteiger partial charge on any atom is 0.238 e. The van der Waals surface area contributed by atoms with Gasteiger partial charge in [-0.15, -0.1) is 0 Å². The Balaban J connectivity index is 2.91. The standard InChI is InChI=1S/C13H22N2O3S/c1-9(2)13(8-16)15-10(3)11-5-4-6-12(7-11)19(14,17)18/h4-7,9-10,13,15-16H,8H2,1-3H3,(H2,14,17,18)/t10?,13-/m1/s1. The maximum atomic E-state index is 11.3. The minimum absolute atomic E-state index is 0.0341. The number of aliphatic hydroxyl groups is 1. The summed E-state index contributed by atoms with van der Waals surface area (Å²) in [5.74, 6) is 0.286. The smallest absolute Gasteiger partial charge is 0.238 e. The van der Waals surface area contributed by atoms with Crippen molar-refractivity contribution in [2.45, 2.75) is 37.8 Å². The molecule has 1 unspecified atom stereocenters. The van der Waals surface area contributed by atoms with Crippen molar-refractivity contribution in [1.29, 1.82) is 0 Å². The van der Waals surface area contributed by atoms with Gasteiger partial charge in [-0.3, -0.25) is 0 Å². The van der Waals surface area contributed by atoms with Crippen LogP contribution in [0.3, 0.4) is 0 Å². The Morgan fingerprint density at radius 2 is 1.95 bits per heavy atom. The van der Waals surface area contributed by atoms with Crippen molar-refractivity contribution in [3.05, 3.63) is 29.8 Å².